The maximum atomic E-state index is 11.8. The molecule has 0 saturated carbocycles. The van der Waals surface area contributed by atoms with Crippen molar-refractivity contribution < 1.29 is 19.4 Å². The molecular weight excluding hydrogens is 286 g/mol. The largest absolute Gasteiger partial charge is 0.478 e. The number of carboxylic acid groups (broad SMARTS) is 1. The van der Waals surface area contributed by atoms with Crippen LogP contribution in [0.4, 0.5) is 10.5 Å². The van der Waals surface area contributed by atoms with Crippen LogP contribution in [0, 0.1) is 0 Å². The number of carboxylic acids is 1. The zero-order valence-corrected chi connectivity index (χ0v) is 12.5. The molecule has 0 saturated heterocycles. The summed E-state index contributed by atoms with van der Waals surface area (Å²) in [6, 6.07) is 6.75. The van der Waals surface area contributed by atoms with E-state index in [1.54, 1.807) is 45.0 Å². The second-order valence-corrected chi connectivity index (χ2v) is 5.67. The second-order valence-electron chi connectivity index (χ2n) is 5.67. The van der Waals surface area contributed by atoms with Crippen molar-refractivity contribution in [2.24, 2.45) is 0 Å². The molecule has 0 aliphatic heterocycles. The Kier molecular flexibility index (Phi) is 4.16. The number of anilines is 1. The molecule has 116 valence electrons. The zero-order valence-electron chi connectivity index (χ0n) is 12.5. The molecule has 2 rings (SSSR count). The maximum absolute atomic E-state index is 11.8. The van der Waals surface area contributed by atoms with Gasteiger partial charge in [0.05, 0.1) is 11.9 Å². The van der Waals surface area contributed by atoms with Crippen molar-refractivity contribution in [3.8, 4) is 11.3 Å². The third-order valence-electron chi connectivity index (χ3n) is 2.67. The molecule has 1 amide bonds. The Morgan fingerprint density at radius 2 is 2.05 bits per heavy atom. The van der Waals surface area contributed by atoms with Crippen molar-refractivity contribution in [3.05, 3.63) is 36.0 Å². The van der Waals surface area contributed by atoms with Gasteiger partial charge in [-0.15, -0.1) is 0 Å². The summed E-state index contributed by atoms with van der Waals surface area (Å²) in [5, 5.41) is 18.1. The van der Waals surface area contributed by atoms with Gasteiger partial charge in [0.25, 0.3) is 0 Å². The van der Waals surface area contributed by atoms with Crippen molar-refractivity contribution in [2.75, 3.05) is 5.32 Å². The number of rotatable bonds is 3. The first-order chi connectivity index (χ1) is 10.3. The highest BCUT2D eigenvalue weighted by Gasteiger charge is 2.17. The van der Waals surface area contributed by atoms with E-state index >= 15 is 0 Å². The fraction of sp³-hybridized carbons (Fsp3) is 0.267. The second kappa shape index (κ2) is 5.88. The molecule has 0 aliphatic rings. The molecule has 0 bridgehead atoms. The zero-order chi connectivity index (χ0) is 16.3. The number of nitrogens with one attached hydrogen (secondary N) is 2. The number of ether oxygens (including phenoxy) is 1. The third-order valence-corrected chi connectivity index (χ3v) is 2.67. The molecule has 0 aliphatic carbocycles. The number of aromatic nitrogens is 2. The van der Waals surface area contributed by atoms with Gasteiger partial charge in [-0.3, -0.25) is 10.4 Å². The van der Waals surface area contributed by atoms with Crippen molar-refractivity contribution in [3.63, 3.8) is 0 Å². The predicted molar refractivity (Wildman–Crippen MR) is 80.8 cm³/mol. The van der Waals surface area contributed by atoms with E-state index in [2.05, 4.69) is 15.5 Å². The average Bonchev–Trinajstić information content (AvgIpc) is 2.85. The van der Waals surface area contributed by atoms with Crippen molar-refractivity contribution in [1.82, 2.24) is 10.2 Å². The molecular formula is C15H17N3O4. The van der Waals surface area contributed by atoms with Gasteiger partial charge >= 0.3 is 12.1 Å². The van der Waals surface area contributed by atoms with Crippen molar-refractivity contribution in [1.29, 1.82) is 0 Å². The van der Waals surface area contributed by atoms with Gasteiger partial charge < -0.3 is 9.84 Å². The molecule has 3 N–H and O–H groups in total. The van der Waals surface area contributed by atoms with E-state index in [0.717, 1.165) is 0 Å². The van der Waals surface area contributed by atoms with Crippen LogP contribution in [0.3, 0.4) is 0 Å². The summed E-state index contributed by atoms with van der Waals surface area (Å²) in [6.45, 7) is 5.31. The molecule has 1 aromatic heterocycles. The minimum absolute atomic E-state index is 0.0643. The van der Waals surface area contributed by atoms with Crippen LogP contribution in [0.5, 0.6) is 0 Å². The van der Waals surface area contributed by atoms with Crippen LogP contribution in [0.2, 0.25) is 0 Å². The fourth-order valence-corrected chi connectivity index (χ4v) is 1.84. The minimum Gasteiger partial charge on any atom is -0.478 e. The molecule has 0 spiro atoms. The van der Waals surface area contributed by atoms with Crippen molar-refractivity contribution >= 4 is 17.7 Å². The molecule has 1 aromatic carbocycles. The number of carbonyl (C=O) groups is 2. The van der Waals surface area contributed by atoms with Gasteiger partial charge in [0, 0.05) is 11.3 Å². The number of benzene rings is 1. The molecule has 1 heterocycles. The number of amides is 1. The van der Waals surface area contributed by atoms with Crippen LogP contribution in [0.25, 0.3) is 11.3 Å². The Morgan fingerprint density at radius 3 is 2.68 bits per heavy atom. The van der Waals surface area contributed by atoms with Crippen molar-refractivity contribution in [2.45, 2.75) is 26.4 Å². The number of hydrogen-bond acceptors (Lipinski definition) is 4. The Balaban J connectivity index is 2.22. The normalized spacial score (nSPS) is 11.0. The molecule has 0 atom stereocenters. The number of aromatic amines is 1. The van der Waals surface area contributed by atoms with Crippen LogP contribution in [0.1, 0.15) is 31.1 Å². The maximum Gasteiger partial charge on any atom is 0.412 e. The summed E-state index contributed by atoms with van der Waals surface area (Å²) in [7, 11) is 0. The fourth-order valence-electron chi connectivity index (χ4n) is 1.84. The third kappa shape index (κ3) is 3.85. The van der Waals surface area contributed by atoms with Gasteiger partial charge in [-0.1, -0.05) is 12.1 Å². The Hall–Kier alpha value is -2.83. The summed E-state index contributed by atoms with van der Waals surface area (Å²) in [6.07, 6.45) is 0.666. The predicted octanol–water partition coefficient (Wildman–Crippen LogP) is 3.12. The summed E-state index contributed by atoms with van der Waals surface area (Å²) >= 11 is 0. The van der Waals surface area contributed by atoms with Gasteiger partial charge in [-0.2, -0.15) is 5.10 Å². The highest BCUT2D eigenvalue weighted by Crippen LogP contribution is 2.24. The first-order valence-electron chi connectivity index (χ1n) is 6.63. The molecule has 22 heavy (non-hydrogen) atoms. The van der Waals surface area contributed by atoms with E-state index in [0.29, 0.717) is 16.9 Å². The quantitative estimate of drug-likeness (QED) is 0.808. The lowest BCUT2D eigenvalue weighted by atomic mass is 10.1. The molecule has 0 fully saturated rings. The Morgan fingerprint density at radius 1 is 1.32 bits per heavy atom. The summed E-state index contributed by atoms with van der Waals surface area (Å²) in [5.41, 5.74) is 0.942. The van der Waals surface area contributed by atoms with E-state index in [9.17, 15) is 9.59 Å². The SMILES string of the molecule is CC(C)(C)OC(=O)Nc1cccc(-c2[nH]ncc2C(=O)O)c1. The Bertz CT molecular complexity index is 701. The topological polar surface area (TPSA) is 104 Å². The van der Waals surface area contributed by atoms with Crippen LogP contribution in [-0.4, -0.2) is 33.0 Å². The highest BCUT2D eigenvalue weighted by molar-refractivity contribution is 5.95. The number of H-pyrrole nitrogens is 1. The first kappa shape index (κ1) is 15.6. The van der Waals surface area contributed by atoms with Gasteiger partial charge in [-0.25, -0.2) is 9.59 Å². The number of nitrogens with zero attached hydrogens (tertiary/aromatic N) is 1. The Labute approximate surface area is 127 Å². The monoisotopic (exact) mass is 303 g/mol. The molecule has 0 unspecified atom stereocenters. The van der Waals surface area contributed by atoms with Crippen LogP contribution >= 0.6 is 0 Å². The van der Waals surface area contributed by atoms with Gasteiger partial charge in [0.15, 0.2) is 0 Å². The van der Waals surface area contributed by atoms with E-state index in [1.165, 1.54) is 6.20 Å². The van der Waals surface area contributed by atoms with E-state index in [-0.39, 0.29) is 5.56 Å². The van der Waals surface area contributed by atoms with E-state index in [1.807, 2.05) is 0 Å². The molecule has 0 radical (unpaired) electrons. The highest BCUT2D eigenvalue weighted by atomic mass is 16.6. The smallest absolute Gasteiger partial charge is 0.412 e. The summed E-state index contributed by atoms with van der Waals surface area (Å²) in [5.74, 6) is -1.07. The van der Waals surface area contributed by atoms with Gasteiger partial charge in [0.1, 0.15) is 11.2 Å². The number of carbonyl (C=O) groups excluding carboxylic acids is 1. The van der Waals surface area contributed by atoms with Gasteiger partial charge in [0.2, 0.25) is 0 Å². The minimum atomic E-state index is -1.07. The lowest BCUT2D eigenvalue weighted by Crippen LogP contribution is -2.27. The number of hydrogen-bond donors (Lipinski definition) is 3. The molecule has 7 heteroatoms. The van der Waals surface area contributed by atoms with E-state index < -0.39 is 17.7 Å². The standard InChI is InChI=1S/C15H17N3O4/c1-15(2,3)22-14(21)17-10-6-4-5-9(7-10)12-11(13(19)20)8-16-18-12/h4-8H,1-3H3,(H,16,18)(H,17,21)(H,19,20). The average molecular weight is 303 g/mol. The first-order valence-corrected chi connectivity index (χ1v) is 6.63. The number of aromatic carboxylic acids is 1. The lowest BCUT2D eigenvalue weighted by molar-refractivity contribution is 0.0634. The van der Waals surface area contributed by atoms with Crippen LogP contribution in [0.15, 0.2) is 30.5 Å². The van der Waals surface area contributed by atoms with Gasteiger partial charge in [-0.05, 0) is 32.9 Å². The summed E-state index contributed by atoms with van der Waals surface area (Å²) in [4.78, 5) is 22.9. The van der Waals surface area contributed by atoms with E-state index in [4.69, 9.17) is 9.84 Å². The van der Waals surface area contributed by atoms with Crippen LogP contribution in [-0.2, 0) is 4.74 Å². The lowest BCUT2D eigenvalue weighted by Gasteiger charge is -2.19. The molecule has 2 aromatic rings. The summed E-state index contributed by atoms with van der Waals surface area (Å²) < 4.78 is 5.17. The molecule has 7 nitrogen and oxygen atoms in total. The van der Waals surface area contributed by atoms with Crippen LogP contribution < -0.4 is 5.32 Å².